The van der Waals surface area contributed by atoms with Crippen LogP contribution in [0.25, 0.3) is 33.4 Å². The van der Waals surface area contributed by atoms with Crippen LogP contribution in [0.3, 0.4) is 0 Å². The van der Waals surface area contributed by atoms with Crippen LogP contribution in [-0.2, 0) is 0 Å². The molecule has 148 valence electrons. The summed E-state index contributed by atoms with van der Waals surface area (Å²) in [6, 6.07) is 13.9. The lowest BCUT2D eigenvalue weighted by molar-refractivity contribution is 0.234. The van der Waals surface area contributed by atoms with E-state index >= 15 is 0 Å². The average Bonchev–Trinajstić information content (AvgIpc) is 2.99. The molecule has 0 bridgehead atoms. The van der Waals surface area contributed by atoms with Gasteiger partial charge >= 0.3 is 0 Å². The Morgan fingerprint density at radius 1 is 1.07 bits per heavy atom. The molecule has 4 N–H and O–H groups in total. The molecule has 2 aromatic heterocycles. The highest BCUT2D eigenvalue weighted by molar-refractivity contribution is 6.31. The second kappa shape index (κ2) is 7.29. The number of nitrogens with two attached hydrogens (primary N) is 2. The molecule has 29 heavy (non-hydrogen) atoms. The van der Waals surface area contributed by atoms with Crippen LogP contribution in [-0.4, -0.2) is 11.1 Å². The van der Waals surface area contributed by atoms with Crippen molar-refractivity contribution in [1.29, 1.82) is 0 Å². The minimum absolute atomic E-state index is 0.0201. The van der Waals surface area contributed by atoms with Crippen molar-refractivity contribution in [3.05, 3.63) is 59.4 Å². The Labute approximate surface area is 172 Å². The van der Waals surface area contributed by atoms with E-state index < -0.39 is 5.82 Å². The Bertz CT molecular complexity index is 1210. The lowest BCUT2D eigenvalue weighted by Gasteiger charge is -2.16. The highest BCUT2D eigenvalue weighted by Crippen LogP contribution is 2.46. The molecule has 0 fully saturated rings. The number of halogens is 2. The second-order valence-corrected chi connectivity index (χ2v) is 7.29. The summed E-state index contributed by atoms with van der Waals surface area (Å²) in [5, 5.41) is 0.531. The number of fused-ring (bicyclic) bond motifs is 1. The van der Waals surface area contributed by atoms with Gasteiger partial charge < -0.3 is 20.6 Å². The van der Waals surface area contributed by atoms with Gasteiger partial charge in [-0.05, 0) is 31.5 Å². The van der Waals surface area contributed by atoms with Crippen molar-refractivity contribution in [2.24, 2.45) is 0 Å². The molecule has 0 saturated carbocycles. The standard InChI is InChI=1S/C22H19ClFN3O2/c1-11(2)28-22-16(13-8-9-15(24)14(23)10-13)17-18(25)21(26)29-20(17)19(27-22)12-6-4-3-5-7-12/h3-11H,25-26H2,1-2H3. The Balaban J connectivity index is 2.12. The number of pyridine rings is 1. The quantitative estimate of drug-likeness (QED) is 0.436. The summed E-state index contributed by atoms with van der Waals surface area (Å²) in [7, 11) is 0. The molecule has 2 aromatic carbocycles. The van der Waals surface area contributed by atoms with Crippen LogP contribution in [0.4, 0.5) is 16.0 Å². The predicted molar refractivity (Wildman–Crippen MR) is 114 cm³/mol. The Kier molecular flexibility index (Phi) is 4.80. The van der Waals surface area contributed by atoms with E-state index in [1.807, 2.05) is 44.2 Å². The van der Waals surface area contributed by atoms with Gasteiger partial charge in [0, 0.05) is 5.56 Å². The number of hydrogen-bond donors (Lipinski definition) is 2. The summed E-state index contributed by atoms with van der Waals surface area (Å²) in [5.41, 5.74) is 15.5. The van der Waals surface area contributed by atoms with Gasteiger partial charge in [-0.15, -0.1) is 0 Å². The van der Waals surface area contributed by atoms with Crippen LogP contribution in [0.15, 0.2) is 52.9 Å². The first-order valence-electron chi connectivity index (χ1n) is 9.05. The summed E-state index contributed by atoms with van der Waals surface area (Å²) in [6.45, 7) is 3.78. The number of hydrogen-bond acceptors (Lipinski definition) is 5. The van der Waals surface area contributed by atoms with E-state index in [0.29, 0.717) is 33.7 Å². The van der Waals surface area contributed by atoms with Crippen molar-refractivity contribution in [3.8, 4) is 28.3 Å². The molecule has 7 heteroatoms. The fourth-order valence-corrected chi connectivity index (χ4v) is 3.39. The fraction of sp³-hybridized carbons (Fsp3) is 0.136. The third-order valence-corrected chi connectivity index (χ3v) is 4.76. The summed E-state index contributed by atoms with van der Waals surface area (Å²) in [5.74, 6) is -0.108. The maximum absolute atomic E-state index is 13.8. The van der Waals surface area contributed by atoms with Gasteiger partial charge in [-0.3, -0.25) is 0 Å². The normalized spacial score (nSPS) is 11.3. The van der Waals surface area contributed by atoms with Crippen LogP contribution >= 0.6 is 11.6 Å². The first kappa shape index (κ1) is 19.1. The van der Waals surface area contributed by atoms with Gasteiger partial charge in [0.2, 0.25) is 11.8 Å². The molecule has 0 spiro atoms. The number of ether oxygens (including phenoxy) is 1. The molecule has 0 radical (unpaired) electrons. The largest absolute Gasteiger partial charge is 0.474 e. The molecule has 4 aromatic rings. The Hall–Kier alpha value is -3.25. The third kappa shape index (κ3) is 3.36. The third-order valence-electron chi connectivity index (χ3n) is 4.47. The van der Waals surface area contributed by atoms with E-state index in [1.54, 1.807) is 6.07 Å². The van der Waals surface area contributed by atoms with Gasteiger partial charge in [-0.2, -0.15) is 0 Å². The molecule has 0 aliphatic heterocycles. The van der Waals surface area contributed by atoms with E-state index in [0.717, 1.165) is 5.56 Å². The molecule has 0 aliphatic carbocycles. The molecule has 5 nitrogen and oxygen atoms in total. The van der Waals surface area contributed by atoms with Gasteiger partial charge in [0.1, 0.15) is 17.2 Å². The summed E-state index contributed by atoms with van der Waals surface area (Å²) >= 11 is 6.03. The van der Waals surface area contributed by atoms with Crippen molar-refractivity contribution in [3.63, 3.8) is 0 Å². The minimum Gasteiger partial charge on any atom is -0.474 e. The van der Waals surface area contributed by atoms with Gasteiger partial charge in [0.25, 0.3) is 0 Å². The molecule has 0 atom stereocenters. The molecule has 0 amide bonds. The lowest BCUT2D eigenvalue weighted by Crippen LogP contribution is -2.09. The number of benzene rings is 2. The summed E-state index contributed by atoms with van der Waals surface area (Å²) < 4.78 is 25.6. The van der Waals surface area contributed by atoms with Crippen LogP contribution in [0.2, 0.25) is 5.02 Å². The molecule has 2 heterocycles. The fourth-order valence-electron chi connectivity index (χ4n) is 3.21. The lowest BCUT2D eigenvalue weighted by atomic mass is 9.99. The number of aromatic nitrogens is 1. The van der Waals surface area contributed by atoms with E-state index in [4.69, 9.17) is 37.2 Å². The van der Waals surface area contributed by atoms with Crippen molar-refractivity contribution in [2.45, 2.75) is 20.0 Å². The smallest absolute Gasteiger partial charge is 0.223 e. The zero-order valence-electron chi connectivity index (χ0n) is 15.9. The maximum Gasteiger partial charge on any atom is 0.223 e. The summed E-state index contributed by atoms with van der Waals surface area (Å²) in [4.78, 5) is 4.73. The SMILES string of the molecule is CC(C)Oc1nc(-c2ccccc2)c2oc(N)c(N)c2c1-c1ccc(F)c(Cl)c1. The number of nitrogen functional groups attached to an aromatic ring is 2. The van der Waals surface area contributed by atoms with Gasteiger partial charge in [-0.1, -0.05) is 48.0 Å². The van der Waals surface area contributed by atoms with Crippen molar-refractivity contribution < 1.29 is 13.5 Å². The Morgan fingerprint density at radius 3 is 2.45 bits per heavy atom. The van der Waals surface area contributed by atoms with E-state index in [1.165, 1.54) is 12.1 Å². The van der Waals surface area contributed by atoms with E-state index in [-0.39, 0.29) is 22.7 Å². The number of rotatable bonds is 4. The van der Waals surface area contributed by atoms with Gasteiger partial charge in [0.15, 0.2) is 5.58 Å². The zero-order chi connectivity index (χ0) is 20.7. The monoisotopic (exact) mass is 411 g/mol. The van der Waals surface area contributed by atoms with Gasteiger partial charge in [-0.25, -0.2) is 9.37 Å². The highest BCUT2D eigenvalue weighted by atomic mass is 35.5. The predicted octanol–water partition coefficient (Wildman–Crippen LogP) is 5.91. The van der Waals surface area contributed by atoms with Crippen molar-refractivity contribution >= 4 is 34.1 Å². The Morgan fingerprint density at radius 2 is 1.79 bits per heavy atom. The minimum atomic E-state index is -0.522. The van der Waals surface area contributed by atoms with Crippen molar-refractivity contribution in [2.75, 3.05) is 11.5 Å². The topological polar surface area (TPSA) is 87.3 Å². The number of anilines is 2. The number of furan rings is 1. The van der Waals surface area contributed by atoms with Gasteiger partial charge in [0.05, 0.1) is 22.1 Å². The number of nitrogens with zero attached hydrogens (tertiary/aromatic N) is 1. The zero-order valence-corrected chi connectivity index (χ0v) is 16.6. The first-order valence-corrected chi connectivity index (χ1v) is 9.43. The molecule has 0 saturated heterocycles. The second-order valence-electron chi connectivity index (χ2n) is 6.89. The van der Waals surface area contributed by atoms with E-state index in [9.17, 15) is 4.39 Å². The van der Waals surface area contributed by atoms with Crippen molar-refractivity contribution in [1.82, 2.24) is 4.98 Å². The molecule has 4 rings (SSSR count). The highest BCUT2D eigenvalue weighted by Gasteiger charge is 2.25. The van der Waals surface area contributed by atoms with Crippen LogP contribution in [0.1, 0.15) is 13.8 Å². The molecular weight excluding hydrogens is 393 g/mol. The van der Waals surface area contributed by atoms with Crippen LogP contribution < -0.4 is 16.2 Å². The molecular formula is C22H19ClFN3O2. The summed E-state index contributed by atoms with van der Waals surface area (Å²) in [6.07, 6.45) is -0.163. The van der Waals surface area contributed by atoms with E-state index in [2.05, 4.69) is 0 Å². The van der Waals surface area contributed by atoms with Crippen LogP contribution in [0.5, 0.6) is 5.88 Å². The van der Waals surface area contributed by atoms with Crippen LogP contribution in [0, 0.1) is 5.82 Å². The maximum atomic E-state index is 13.8. The average molecular weight is 412 g/mol. The first-order chi connectivity index (χ1) is 13.9. The molecule has 0 aliphatic rings. The molecule has 0 unspecified atom stereocenters.